The molecule has 0 radical (unpaired) electrons. The van der Waals surface area contributed by atoms with Crippen LogP contribution in [0.5, 0.6) is 0 Å². The molecule has 3 heterocycles. The van der Waals surface area contributed by atoms with Gasteiger partial charge in [-0.1, -0.05) is 0 Å². The lowest BCUT2D eigenvalue weighted by atomic mass is 10.1. The number of amides is 1. The number of fused-ring (bicyclic) bond motifs is 1. The van der Waals surface area contributed by atoms with E-state index in [-0.39, 0.29) is 11.9 Å². The highest BCUT2D eigenvalue weighted by molar-refractivity contribution is 5.93. The van der Waals surface area contributed by atoms with Crippen LogP contribution in [-0.2, 0) is 6.54 Å². The van der Waals surface area contributed by atoms with Crippen LogP contribution < -0.4 is 5.32 Å². The Bertz CT molecular complexity index is 962. The Hall–Kier alpha value is -2.74. The van der Waals surface area contributed by atoms with Crippen LogP contribution in [0.3, 0.4) is 0 Å². The first-order chi connectivity index (χ1) is 13.2. The number of nitrogens with zero attached hydrogens (tertiary/aromatic N) is 5. The van der Waals surface area contributed by atoms with Gasteiger partial charge >= 0.3 is 0 Å². The normalized spacial score (nSPS) is 25.1. The summed E-state index contributed by atoms with van der Waals surface area (Å²) in [6, 6.07) is 3.40. The molecule has 0 aromatic carbocycles. The molecule has 2 saturated carbocycles. The molecule has 2 N–H and O–H groups in total. The van der Waals surface area contributed by atoms with Crippen LogP contribution in [0.25, 0.3) is 5.65 Å². The number of aliphatic hydroxyl groups is 1. The van der Waals surface area contributed by atoms with E-state index in [4.69, 9.17) is 0 Å². The van der Waals surface area contributed by atoms with Crippen molar-refractivity contribution in [3.8, 4) is 0 Å². The summed E-state index contributed by atoms with van der Waals surface area (Å²) in [4.78, 5) is 21.6. The Morgan fingerprint density at radius 2 is 2.19 bits per heavy atom. The molecule has 2 fully saturated rings. The first-order valence-electron chi connectivity index (χ1n) is 9.47. The fraction of sp³-hybridized carbons (Fsp3) is 0.474. The summed E-state index contributed by atoms with van der Waals surface area (Å²) in [5.74, 6) is 0.553. The summed E-state index contributed by atoms with van der Waals surface area (Å²) in [5, 5.41) is 17.7. The summed E-state index contributed by atoms with van der Waals surface area (Å²) in [7, 11) is 0. The molecule has 1 amide bonds. The molecule has 0 bridgehead atoms. The summed E-state index contributed by atoms with van der Waals surface area (Å²) >= 11 is 0. The van der Waals surface area contributed by atoms with Crippen LogP contribution >= 0.6 is 0 Å². The molecule has 140 valence electrons. The second-order valence-corrected chi connectivity index (χ2v) is 7.69. The Morgan fingerprint density at radius 1 is 1.30 bits per heavy atom. The smallest absolute Gasteiger partial charge is 0.270 e. The lowest BCUT2D eigenvalue weighted by Crippen LogP contribution is -2.40. The van der Waals surface area contributed by atoms with Crippen LogP contribution in [0.15, 0.2) is 37.1 Å². The molecule has 1 unspecified atom stereocenters. The van der Waals surface area contributed by atoms with Gasteiger partial charge in [0.25, 0.3) is 5.91 Å². The maximum absolute atomic E-state index is 13.0. The van der Waals surface area contributed by atoms with E-state index in [2.05, 4.69) is 20.4 Å². The standard InChI is InChI=1S/C19H22N6O2/c26-17-8-12(10-24-6-5-20-11-24)7-15(17)23-19(27)16-9-14(13-1-2-13)22-18-3-4-21-25(16)18/h3-6,9,11-13,15,17,26H,1-2,7-8,10H2,(H,23,27)/t12?,15-,17-/m1/s1. The van der Waals surface area contributed by atoms with Crippen molar-refractivity contribution in [2.24, 2.45) is 5.92 Å². The molecule has 8 nitrogen and oxygen atoms in total. The van der Waals surface area contributed by atoms with E-state index in [0.29, 0.717) is 29.6 Å². The zero-order valence-corrected chi connectivity index (χ0v) is 14.9. The van der Waals surface area contributed by atoms with E-state index in [0.717, 1.165) is 31.5 Å². The molecule has 0 aliphatic heterocycles. The fourth-order valence-corrected chi connectivity index (χ4v) is 4.04. The summed E-state index contributed by atoms with van der Waals surface area (Å²) in [6.07, 6.45) is 10.2. The average molecular weight is 366 g/mol. The highest BCUT2D eigenvalue weighted by Crippen LogP contribution is 2.39. The maximum Gasteiger partial charge on any atom is 0.270 e. The van der Waals surface area contributed by atoms with Crippen LogP contribution in [0.4, 0.5) is 0 Å². The first-order valence-corrected chi connectivity index (χ1v) is 9.47. The van der Waals surface area contributed by atoms with Crippen molar-refractivity contribution in [2.75, 3.05) is 0 Å². The third-order valence-electron chi connectivity index (χ3n) is 5.58. The first kappa shape index (κ1) is 16.4. The third kappa shape index (κ3) is 3.21. The second-order valence-electron chi connectivity index (χ2n) is 7.69. The van der Waals surface area contributed by atoms with Gasteiger partial charge in [0.05, 0.1) is 24.7 Å². The highest BCUT2D eigenvalue weighted by Gasteiger charge is 2.35. The van der Waals surface area contributed by atoms with E-state index in [9.17, 15) is 9.90 Å². The van der Waals surface area contributed by atoms with E-state index in [1.165, 1.54) is 0 Å². The van der Waals surface area contributed by atoms with Crippen molar-refractivity contribution in [3.63, 3.8) is 0 Å². The summed E-state index contributed by atoms with van der Waals surface area (Å²) in [5.41, 5.74) is 2.13. The number of carbonyl (C=O) groups excluding carboxylic acids is 1. The largest absolute Gasteiger partial charge is 0.391 e. The number of aliphatic hydroxyl groups excluding tert-OH is 1. The van der Waals surface area contributed by atoms with E-state index in [1.54, 1.807) is 23.2 Å². The van der Waals surface area contributed by atoms with Crippen molar-refractivity contribution in [3.05, 3.63) is 48.4 Å². The molecule has 0 saturated heterocycles. The fourth-order valence-electron chi connectivity index (χ4n) is 4.04. The van der Waals surface area contributed by atoms with Crippen LogP contribution in [0.2, 0.25) is 0 Å². The Kier molecular flexibility index (Phi) is 3.93. The van der Waals surface area contributed by atoms with Gasteiger partial charge in [-0.3, -0.25) is 4.79 Å². The minimum Gasteiger partial charge on any atom is -0.391 e. The number of nitrogens with one attached hydrogen (secondary N) is 1. The Morgan fingerprint density at radius 3 is 2.96 bits per heavy atom. The topological polar surface area (TPSA) is 97.3 Å². The van der Waals surface area contributed by atoms with Gasteiger partial charge in [0.2, 0.25) is 0 Å². The highest BCUT2D eigenvalue weighted by atomic mass is 16.3. The average Bonchev–Trinajstić information content (AvgIpc) is 3.02. The van der Waals surface area contributed by atoms with Crippen molar-refractivity contribution < 1.29 is 9.90 Å². The second kappa shape index (κ2) is 6.45. The van der Waals surface area contributed by atoms with Gasteiger partial charge in [0, 0.05) is 36.6 Å². The van der Waals surface area contributed by atoms with E-state index in [1.807, 2.05) is 22.9 Å². The number of hydrogen-bond acceptors (Lipinski definition) is 5. The lowest BCUT2D eigenvalue weighted by Gasteiger charge is -2.17. The SMILES string of the molecule is O=C(N[C@@H]1CC(Cn2ccnc2)C[C@H]1O)c1cc(C2CC2)nc2ccnn12. The summed E-state index contributed by atoms with van der Waals surface area (Å²) < 4.78 is 3.59. The molecule has 3 aromatic heterocycles. The molecule has 0 spiro atoms. The zero-order chi connectivity index (χ0) is 18.4. The molecule has 3 aromatic rings. The Balaban J connectivity index is 1.33. The van der Waals surface area contributed by atoms with E-state index < -0.39 is 6.10 Å². The quantitative estimate of drug-likeness (QED) is 0.711. The molecular weight excluding hydrogens is 344 g/mol. The number of rotatable bonds is 5. The molecular formula is C19H22N6O2. The molecule has 27 heavy (non-hydrogen) atoms. The van der Waals surface area contributed by atoms with Gasteiger partial charge in [0.1, 0.15) is 5.69 Å². The molecule has 2 aliphatic carbocycles. The van der Waals surface area contributed by atoms with Gasteiger partial charge in [0.15, 0.2) is 5.65 Å². The van der Waals surface area contributed by atoms with Gasteiger partial charge < -0.3 is 15.0 Å². The molecule has 5 rings (SSSR count). The minimum atomic E-state index is -0.541. The van der Waals surface area contributed by atoms with Gasteiger partial charge in [-0.15, -0.1) is 0 Å². The molecule has 2 aliphatic rings. The van der Waals surface area contributed by atoms with Crippen molar-refractivity contribution >= 4 is 11.6 Å². The number of aromatic nitrogens is 5. The lowest BCUT2D eigenvalue weighted by molar-refractivity contribution is 0.0865. The van der Waals surface area contributed by atoms with E-state index >= 15 is 0 Å². The number of carbonyl (C=O) groups is 1. The third-order valence-corrected chi connectivity index (χ3v) is 5.58. The monoisotopic (exact) mass is 366 g/mol. The minimum absolute atomic E-state index is 0.208. The van der Waals surface area contributed by atoms with Crippen molar-refractivity contribution in [2.45, 2.75) is 50.3 Å². The van der Waals surface area contributed by atoms with Gasteiger partial charge in [-0.05, 0) is 37.7 Å². The van der Waals surface area contributed by atoms with Crippen LogP contribution in [0.1, 0.15) is 47.8 Å². The van der Waals surface area contributed by atoms with Gasteiger partial charge in [-0.2, -0.15) is 5.10 Å². The number of imidazole rings is 1. The zero-order valence-electron chi connectivity index (χ0n) is 14.9. The van der Waals surface area contributed by atoms with Crippen LogP contribution in [0, 0.1) is 5.92 Å². The Labute approximate surface area is 156 Å². The van der Waals surface area contributed by atoms with Crippen molar-refractivity contribution in [1.82, 2.24) is 29.5 Å². The van der Waals surface area contributed by atoms with Gasteiger partial charge in [-0.25, -0.2) is 14.5 Å². The predicted molar refractivity (Wildman–Crippen MR) is 97.2 cm³/mol. The molecule has 3 atom stereocenters. The predicted octanol–water partition coefficient (Wildman–Crippen LogP) is 1.37. The summed E-state index contributed by atoms with van der Waals surface area (Å²) in [6.45, 7) is 0.800. The molecule has 8 heteroatoms. The van der Waals surface area contributed by atoms with Crippen LogP contribution in [-0.4, -0.2) is 47.3 Å². The maximum atomic E-state index is 13.0. The van der Waals surface area contributed by atoms with Crippen molar-refractivity contribution in [1.29, 1.82) is 0 Å². The number of hydrogen-bond donors (Lipinski definition) is 2.